The van der Waals surface area contributed by atoms with Gasteiger partial charge in [-0.1, -0.05) is 36.2 Å². The second kappa shape index (κ2) is 20.0. The molecule has 338 valence electrons. The number of piperazine rings is 1. The molecule has 0 spiro atoms. The molecule has 3 N–H and O–H groups in total. The maximum absolute atomic E-state index is 14.0. The van der Waals surface area contributed by atoms with Gasteiger partial charge in [-0.15, -0.1) is 0 Å². The van der Waals surface area contributed by atoms with Crippen molar-refractivity contribution in [3.63, 3.8) is 0 Å². The van der Waals surface area contributed by atoms with Crippen molar-refractivity contribution in [3.05, 3.63) is 106 Å². The number of carbonyl (C=O) groups is 6. The number of nitrogens with zero attached hydrogens (tertiary/aromatic N) is 6. The van der Waals surface area contributed by atoms with Crippen LogP contribution in [0.25, 0.3) is 0 Å². The molecule has 16 nitrogen and oxygen atoms in total. The van der Waals surface area contributed by atoms with Crippen molar-refractivity contribution in [2.45, 2.75) is 63.5 Å². The first-order valence-corrected chi connectivity index (χ1v) is 22.5. The summed E-state index contributed by atoms with van der Waals surface area (Å²) in [6.07, 6.45) is 6.57. The van der Waals surface area contributed by atoms with Gasteiger partial charge in [0.1, 0.15) is 29.2 Å². The number of anilines is 1. The minimum atomic E-state index is -0.992. The molecule has 0 aliphatic carbocycles. The Hall–Kier alpha value is -6.65. The summed E-state index contributed by atoms with van der Waals surface area (Å²) in [7, 11) is 1.65. The Morgan fingerprint density at radius 1 is 0.877 bits per heavy atom. The number of nitrogens with one attached hydrogen (secondary N) is 3. The monoisotopic (exact) mass is 901 g/mol. The van der Waals surface area contributed by atoms with Crippen LogP contribution in [0.2, 0.25) is 5.02 Å². The van der Waals surface area contributed by atoms with Crippen molar-refractivity contribution in [2.75, 3.05) is 57.8 Å². The summed E-state index contributed by atoms with van der Waals surface area (Å²) in [5.74, 6) is -0.229. The van der Waals surface area contributed by atoms with E-state index in [9.17, 15) is 28.8 Å². The second-order valence-electron chi connectivity index (χ2n) is 16.7. The van der Waals surface area contributed by atoms with Gasteiger partial charge in [0.05, 0.1) is 27.3 Å². The number of ketones is 1. The molecule has 4 aliphatic heterocycles. The largest absolute Gasteiger partial charge is 0.457 e. The molecule has 3 fully saturated rings. The van der Waals surface area contributed by atoms with E-state index < -0.39 is 29.7 Å². The van der Waals surface area contributed by atoms with Gasteiger partial charge in [-0.3, -0.25) is 48.9 Å². The summed E-state index contributed by atoms with van der Waals surface area (Å²) in [4.78, 5) is 97.2. The molecular weight excluding hydrogens is 850 g/mol. The molecule has 5 amide bonds. The Kier molecular flexibility index (Phi) is 13.8. The number of para-hydroxylation sites is 1. The number of benzene rings is 3. The molecule has 3 saturated heterocycles. The number of imide groups is 2. The number of unbranched alkanes of at least 4 members (excludes halogenated alkanes) is 2. The standard InChI is InChI=1S/C48H52ClN9O7/c1-50-44-42(37(28-52-44)43(61)35-17-15-33(27-38(35)49)65-32-11-5-3-6-12-32)45(51-2)53-30-10-9-21-57(29-30)41(60)13-7-4-8-20-55-22-24-56(25-23-55)31-14-16-34-36(26-31)48(64)58(47(34)63)39-18-19-40(59)54-46(39)62/h3,5-6,11-12,14-17,26-28,30,39,52H,1,4,7-10,13,18-25,29H2,2H3,(H,51,53)(H,54,59,62)/t30-,39+/m1/s1. The SMILES string of the molecule is C=Nc1[nH]cc(C(=O)c2ccc(Oc3ccccc3)cc2Cl)c1/C(=N\C)N[C@@H]1CCCN(C(=O)CCCCCN2CCN(c3ccc4c(c3)C(=O)N([C@H]3CCC(=O)NC3=O)C4=O)CC2)C1. The molecule has 0 radical (unpaired) electrons. The molecule has 8 rings (SSSR count). The second-order valence-corrected chi connectivity index (χ2v) is 17.1. The van der Waals surface area contributed by atoms with Gasteiger partial charge < -0.3 is 24.8 Å². The van der Waals surface area contributed by atoms with E-state index in [4.69, 9.17) is 16.3 Å². The fourth-order valence-corrected chi connectivity index (χ4v) is 9.32. The van der Waals surface area contributed by atoms with Gasteiger partial charge in [0.15, 0.2) is 5.78 Å². The minimum absolute atomic E-state index is 0.0767. The molecule has 0 bridgehead atoms. The van der Waals surface area contributed by atoms with E-state index in [1.54, 1.807) is 43.6 Å². The summed E-state index contributed by atoms with van der Waals surface area (Å²) in [6, 6.07) is 18.4. The van der Waals surface area contributed by atoms with E-state index in [-0.39, 0.29) is 46.7 Å². The van der Waals surface area contributed by atoms with Crippen LogP contribution in [0.5, 0.6) is 11.5 Å². The maximum atomic E-state index is 14.0. The number of aromatic amines is 1. The predicted octanol–water partition coefficient (Wildman–Crippen LogP) is 5.76. The van der Waals surface area contributed by atoms with Gasteiger partial charge in [0.2, 0.25) is 17.7 Å². The zero-order valence-electron chi connectivity index (χ0n) is 36.3. The Morgan fingerprint density at radius 3 is 2.40 bits per heavy atom. The lowest BCUT2D eigenvalue weighted by atomic mass is 9.99. The Bertz CT molecular complexity index is 2530. The maximum Gasteiger partial charge on any atom is 0.262 e. The van der Waals surface area contributed by atoms with Crippen molar-refractivity contribution in [3.8, 4) is 11.5 Å². The quantitative estimate of drug-likeness (QED) is 0.0435. The first-order chi connectivity index (χ1) is 31.5. The van der Waals surface area contributed by atoms with Crippen LogP contribution in [0.4, 0.5) is 11.5 Å². The van der Waals surface area contributed by atoms with E-state index in [2.05, 4.69) is 42.1 Å². The smallest absolute Gasteiger partial charge is 0.262 e. The average Bonchev–Trinajstić information content (AvgIpc) is 3.85. The molecule has 0 saturated carbocycles. The van der Waals surface area contributed by atoms with Gasteiger partial charge in [0.25, 0.3) is 11.8 Å². The molecule has 5 heterocycles. The van der Waals surface area contributed by atoms with Crippen LogP contribution in [0.15, 0.2) is 82.9 Å². The molecule has 3 aromatic carbocycles. The first kappa shape index (κ1) is 44.9. The zero-order chi connectivity index (χ0) is 45.6. The molecule has 1 aromatic heterocycles. The lowest BCUT2D eigenvalue weighted by Gasteiger charge is -2.36. The number of hydrogen-bond acceptors (Lipinski definition) is 11. The highest BCUT2D eigenvalue weighted by Gasteiger charge is 2.45. The fraction of sp³-hybridized carbons (Fsp3) is 0.375. The number of carbonyl (C=O) groups excluding carboxylic acids is 6. The molecule has 0 unspecified atom stereocenters. The zero-order valence-corrected chi connectivity index (χ0v) is 37.1. The number of amides is 5. The Balaban J connectivity index is 0.779. The number of piperidine rings is 2. The van der Waals surface area contributed by atoms with Crippen LogP contribution in [-0.4, -0.2) is 133 Å². The summed E-state index contributed by atoms with van der Waals surface area (Å²) in [5.41, 5.74) is 2.52. The fourth-order valence-electron chi connectivity index (χ4n) is 9.06. The molecule has 4 aliphatic rings. The predicted molar refractivity (Wildman–Crippen MR) is 247 cm³/mol. The van der Waals surface area contributed by atoms with Gasteiger partial charge in [-0.05, 0) is 87.8 Å². The summed E-state index contributed by atoms with van der Waals surface area (Å²) < 4.78 is 5.90. The van der Waals surface area contributed by atoms with Crippen LogP contribution in [0.3, 0.4) is 0 Å². The number of H-pyrrole nitrogens is 1. The van der Waals surface area contributed by atoms with Crippen LogP contribution in [0.1, 0.15) is 93.6 Å². The third-order valence-electron chi connectivity index (χ3n) is 12.5. The van der Waals surface area contributed by atoms with Gasteiger partial charge in [-0.2, -0.15) is 0 Å². The molecule has 17 heteroatoms. The van der Waals surface area contributed by atoms with Crippen molar-refractivity contribution < 1.29 is 33.5 Å². The van der Waals surface area contributed by atoms with E-state index in [1.165, 1.54) is 0 Å². The highest BCUT2D eigenvalue weighted by Crippen LogP contribution is 2.33. The Morgan fingerprint density at radius 2 is 1.66 bits per heavy atom. The average molecular weight is 902 g/mol. The normalized spacial score (nSPS) is 19.3. The van der Waals surface area contributed by atoms with Crippen molar-refractivity contribution in [1.82, 2.24) is 30.3 Å². The van der Waals surface area contributed by atoms with E-state index in [0.29, 0.717) is 59.4 Å². The number of rotatable bonds is 15. The van der Waals surface area contributed by atoms with Crippen LogP contribution in [0, 0.1) is 0 Å². The highest BCUT2D eigenvalue weighted by atomic mass is 35.5. The highest BCUT2D eigenvalue weighted by molar-refractivity contribution is 6.35. The van der Waals surface area contributed by atoms with Crippen LogP contribution in [-0.2, 0) is 14.4 Å². The van der Waals surface area contributed by atoms with Crippen LogP contribution < -0.4 is 20.3 Å². The molecular formula is C48H52ClN9O7. The van der Waals surface area contributed by atoms with Crippen LogP contribution >= 0.6 is 11.6 Å². The number of aromatic nitrogens is 1. The minimum Gasteiger partial charge on any atom is -0.457 e. The molecule has 2 atom stereocenters. The first-order valence-electron chi connectivity index (χ1n) is 22.1. The van der Waals surface area contributed by atoms with Gasteiger partial charge in [0, 0.05) is 88.7 Å². The molecule has 4 aromatic rings. The third-order valence-corrected chi connectivity index (χ3v) is 12.8. The third kappa shape index (κ3) is 9.88. The number of ether oxygens (including phenoxy) is 1. The Labute approximate surface area is 382 Å². The lowest BCUT2D eigenvalue weighted by Crippen LogP contribution is -2.54. The number of hydrogen-bond donors (Lipinski definition) is 3. The van der Waals surface area contributed by atoms with Crippen molar-refractivity contribution in [1.29, 1.82) is 0 Å². The van der Waals surface area contributed by atoms with Gasteiger partial charge >= 0.3 is 0 Å². The van der Waals surface area contributed by atoms with E-state index >= 15 is 0 Å². The summed E-state index contributed by atoms with van der Waals surface area (Å²) in [5, 5.41) is 5.98. The topological polar surface area (TPSA) is 189 Å². The number of amidine groups is 1. The number of halogens is 1. The van der Waals surface area contributed by atoms with Crippen molar-refractivity contribution >= 4 is 71.0 Å². The van der Waals surface area contributed by atoms with Crippen molar-refractivity contribution in [2.24, 2.45) is 9.98 Å². The summed E-state index contributed by atoms with van der Waals surface area (Å²) >= 11 is 6.64. The number of likely N-dealkylation sites (tertiary alicyclic amines) is 1. The number of fused-ring (bicyclic) bond motifs is 1. The summed E-state index contributed by atoms with van der Waals surface area (Å²) in [6.45, 7) is 9.00. The van der Waals surface area contributed by atoms with E-state index in [0.717, 1.165) is 75.4 Å². The van der Waals surface area contributed by atoms with E-state index in [1.807, 2.05) is 41.3 Å². The van der Waals surface area contributed by atoms with Gasteiger partial charge in [-0.25, -0.2) is 4.99 Å². The lowest BCUT2D eigenvalue weighted by molar-refractivity contribution is -0.136. The molecule has 65 heavy (non-hydrogen) atoms. The number of aliphatic imine (C=N–C) groups is 2.